The standard InChI is InChI=1S/C22H26N6O3S2/c1-14(29)25-22-27-19(12-7-15-3-8-17(9-4-15)26-21(23)28-24)20(32-22)13-16-5-10-18(11-6-16)33(2,30)31/h3-6,8-11H,7,12-13,24H2,1-2H3,(H3,23,26,28)(H,25,27,29)/p+1. The zero-order valence-corrected chi connectivity index (χ0v) is 20.0. The molecule has 0 radical (unpaired) electrons. The van der Waals surface area contributed by atoms with Gasteiger partial charge in [-0.2, -0.15) is 5.84 Å². The first-order valence-corrected chi connectivity index (χ1v) is 12.8. The van der Waals surface area contributed by atoms with Gasteiger partial charge in [0.25, 0.3) is 0 Å². The van der Waals surface area contributed by atoms with E-state index in [1.54, 1.807) is 12.1 Å². The molecule has 11 heteroatoms. The van der Waals surface area contributed by atoms with Gasteiger partial charge >= 0.3 is 5.96 Å². The number of thiazole rings is 1. The summed E-state index contributed by atoms with van der Waals surface area (Å²) >= 11 is 1.43. The van der Waals surface area contributed by atoms with Crippen LogP contribution in [0.1, 0.15) is 28.6 Å². The summed E-state index contributed by atoms with van der Waals surface area (Å²) in [5.41, 5.74) is 11.8. The molecular formula is C22H27N6O3S2+. The molecule has 0 spiro atoms. The largest absolute Gasteiger partial charge is 0.363 e. The number of aromatic nitrogens is 1. The summed E-state index contributed by atoms with van der Waals surface area (Å²) in [6.45, 7) is 1.45. The number of carbonyl (C=O) groups is 1. The normalized spacial score (nSPS) is 11.9. The highest BCUT2D eigenvalue weighted by atomic mass is 32.2. The molecule has 0 aliphatic rings. The number of nitrogens with one attached hydrogen (secondary N) is 3. The predicted molar refractivity (Wildman–Crippen MR) is 130 cm³/mol. The zero-order chi connectivity index (χ0) is 24.0. The molecular weight excluding hydrogens is 460 g/mol. The first-order chi connectivity index (χ1) is 15.6. The lowest BCUT2D eigenvalue weighted by Gasteiger charge is -2.05. The van der Waals surface area contributed by atoms with Crippen molar-refractivity contribution >= 4 is 43.9 Å². The van der Waals surface area contributed by atoms with Crippen LogP contribution in [-0.4, -0.2) is 31.5 Å². The molecule has 1 amide bonds. The maximum atomic E-state index is 11.7. The van der Waals surface area contributed by atoms with Crippen molar-refractivity contribution in [2.75, 3.05) is 11.6 Å². The highest BCUT2D eigenvalue weighted by Gasteiger charge is 2.14. The number of hydrogen-bond donors (Lipinski definition) is 5. The van der Waals surface area contributed by atoms with Gasteiger partial charge < -0.3 is 5.32 Å². The number of hydrogen-bond acceptors (Lipinski definition) is 6. The van der Waals surface area contributed by atoms with Crippen molar-refractivity contribution in [1.82, 2.24) is 10.4 Å². The Balaban J connectivity index is 1.76. The van der Waals surface area contributed by atoms with Crippen LogP contribution < -0.4 is 27.3 Å². The third-order valence-corrected chi connectivity index (χ3v) is 6.96. The molecule has 0 fully saturated rings. The molecule has 1 aromatic heterocycles. The van der Waals surface area contributed by atoms with Crippen molar-refractivity contribution in [2.24, 2.45) is 11.6 Å². The summed E-state index contributed by atoms with van der Waals surface area (Å²) in [5.74, 6) is 5.34. The maximum absolute atomic E-state index is 11.7. The number of sulfone groups is 1. The van der Waals surface area contributed by atoms with Crippen molar-refractivity contribution in [3.63, 3.8) is 0 Å². The Bertz CT molecular complexity index is 1250. The fourth-order valence-electron chi connectivity index (χ4n) is 3.17. The van der Waals surface area contributed by atoms with Crippen LogP contribution in [0.4, 0.5) is 10.8 Å². The van der Waals surface area contributed by atoms with Gasteiger partial charge in [-0.25, -0.2) is 23.8 Å². The molecule has 0 aliphatic heterocycles. The van der Waals surface area contributed by atoms with E-state index >= 15 is 0 Å². The number of aryl methyl sites for hydroxylation is 2. The molecule has 0 unspecified atom stereocenters. The molecule has 0 bridgehead atoms. The van der Waals surface area contributed by atoms with E-state index in [-0.39, 0.29) is 16.8 Å². The van der Waals surface area contributed by atoms with E-state index in [0.29, 0.717) is 18.0 Å². The van der Waals surface area contributed by atoms with Crippen molar-refractivity contribution in [3.8, 4) is 0 Å². The van der Waals surface area contributed by atoms with E-state index in [0.717, 1.165) is 33.8 Å². The second kappa shape index (κ2) is 10.6. The van der Waals surface area contributed by atoms with Crippen molar-refractivity contribution in [2.45, 2.75) is 31.1 Å². The number of benzene rings is 2. The lowest BCUT2D eigenvalue weighted by molar-refractivity contribution is -0.358. The minimum absolute atomic E-state index is 0.175. The molecule has 9 nitrogen and oxygen atoms in total. The molecule has 0 saturated carbocycles. The Kier molecular flexibility index (Phi) is 7.79. The van der Waals surface area contributed by atoms with Gasteiger partial charge in [-0.3, -0.25) is 10.5 Å². The number of rotatable bonds is 8. The van der Waals surface area contributed by atoms with Crippen LogP contribution in [0.5, 0.6) is 0 Å². The smallest absolute Gasteiger partial charge is 0.302 e. The predicted octanol–water partition coefficient (Wildman–Crippen LogP) is 0.371. The van der Waals surface area contributed by atoms with E-state index in [4.69, 9.17) is 11.6 Å². The average molecular weight is 488 g/mol. The molecule has 174 valence electrons. The molecule has 33 heavy (non-hydrogen) atoms. The van der Waals surface area contributed by atoms with E-state index < -0.39 is 9.84 Å². The van der Waals surface area contributed by atoms with E-state index in [9.17, 15) is 13.2 Å². The Morgan fingerprint density at radius 2 is 1.70 bits per heavy atom. The topological polar surface area (TPSA) is 154 Å². The Morgan fingerprint density at radius 1 is 1.06 bits per heavy atom. The highest BCUT2D eigenvalue weighted by Crippen LogP contribution is 2.27. The summed E-state index contributed by atoms with van der Waals surface area (Å²) < 4.78 is 23.4. The van der Waals surface area contributed by atoms with Gasteiger partial charge in [-0.15, -0.1) is 11.3 Å². The van der Waals surface area contributed by atoms with Gasteiger partial charge in [-0.1, -0.05) is 24.3 Å². The molecule has 3 rings (SSSR count). The number of anilines is 1. The van der Waals surface area contributed by atoms with Gasteiger partial charge in [-0.05, 0) is 48.2 Å². The Hall–Kier alpha value is -3.28. The van der Waals surface area contributed by atoms with Crippen molar-refractivity contribution < 1.29 is 18.2 Å². The summed E-state index contributed by atoms with van der Waals surface area (Å²) in [6.07, 6.45) is 3.24. The van der Waals surface area contributed by atoms with E-state index in [2.05, 4.69) is 20.7 Å². The maximum Gasteiger partial charge on any atom is 0.363 e. The second-order valence-electron chi connectivity index (χ2n) is 7.54. The van der Waals surface area contributed by atoms with Gasteiger partial charge in [0.1, 0.15) is 0 Å². The fraction of sp³-hybridized carbons (Fsp3) is 0.227. The van der Waals surface area contributed by atoms with Crippen LogP contribution in [0.15, 0.2) is 53.4 Å². The first kappa shape index (κ1) is 24.4. The molecule has 3 aromatic rings. The van der Waals surface area contributed by atoms with Crippen molar-refractivity contribution in [1.29, 1.82) is 0 Å². The Morgan fingerprint density at radius 3 is 2.27 bits per heavy atom. The highest BCUT2D eigenvalue weighted by molar-refractivity contribution is 7.90. The first-order valence-electron chi connectivity index (χ1n) is 10.1. The van der Waals surface area contributed by atoms with Crippen LogP contribution in [-0.2, 0) is 33.9 Å². The van der Waals surface area contributed by atoms with Crippen LogP contribution in [0.2, 0.25) is 0 Å². The summed E-state index contributed by atoms with van der Waals surface area (Å²) in [4.78, 5) is 20.4. The van der Waals surface area contributed by atoms with Crippen LogP contribution >= 0.6 is 11.3 Å². The Labute approximate surface area is 196 Å². The number of amides is 1. The van der Waals surface area contributed by atoms with Gasteiger partial charge in [0.2, 0.25) is 5.91 Å². The van der Waals surface area contributed by atoms with Crippen LogP contribution in [0.25, 0.3) is 0 Å². The average Bonchev–Trinajstić information content (AvgIpc) is 3.13. The minimum atomic E-state index is -3.24. The number of nitrogens with zero attached hydrogens (tertiary/aromatic N) is 1. The SMILES string of the molecule is CC(=O)Nc1nc(CCc2ccc([NH+]=C(N)NN)cc2)c(Cc2ccc(S(C)(=O)=O)cc2)s1. The monoisotopic (exact) mass is 487 g/mol. The van der Waals surface area contributed by atoms with Crippen molar-refractivity contribution in [3.05, 3.63) is 70.2 Å². The summed E-state index contributed by atoms with van der Waals surface area (Å²) in [6, 6.07) is 14.7. The third kappa shape index (κ3) is 7.11. The van der Waals surface area contributed by atoms with Gasteiger partial charge in [0.15, 0.2) is 15.0 Å². The van der Waals surface area contributed by atoms with E-state index in [1.165, 1.54) is 24.5 Å². The van der Waals surface area contributed by atoms with Crippen LogP contribution in [0.3, 0.4) is 0 Å². The number of hydrazine groups is 1. The summed E-state index contributed by atoms with van der Waals surface area (Å²) in [5, 5.41) is 3.32. The lowest BCUT2D eigenvalue weighted by Crippen LogP contribution is -2.74. The molecule has 2 aromatic carbocycles. The van der Waals surface area contributed by atoms with Crippen LogP contribution in [0, 0.1) is 0 Å². The molecule has 1 heterocycles. The molecule has 7 N–H and O–H groups in total. The van der Waals surface area contributed by atoms with Gasteiger partial charge in [0, 0.05) is 24.5 Å². The minimum Gasteiger partial charge on any atom is -0.302 e. The third-order valence-electron chi connectivity index (χ3n) is 4.82. The molecule has 0 saturated heterocycles. The lowest BCUT2D eigenvalue weighted by atomic mass is 10.0. The number of nitrogens with two attached hydrogens (primary N) is 2. The quantitative estimate of drug-likeness (QED) is 0.133. The second-order valence-corrected chi connectivity index (χ2v) is 10.6. The summed E-state index contributed by atoms with van der Waals surface area (Å²) in [7, 11) is -3.24. The van der Waals surface area contributed by atoms with Gasteiger partial charge in [0.05, 0.1) is 16.3 Å². The number of guanidine groups is 1. The zero-order valence-electron chi connectivity index (χ0n) is 18.4. The number of carbonyl (C=O) groups excluding carboxylic acids is 1. The fourth-order valence-corrected chi connectivity index (χ4v) is 4.89. The molecule has 0 aliphatic carbocycles. The van der Waals surface area contributed by atoms with E-state index in [1.807, 2.05) is 36.4 Å². The molecule has 0 atom stereocenters.